The van der Waals surface area contributed by atoms with Crippen LogP contribution in [0.2, 0.25) is 0 Å². The Bertz CT molecular complexity index is 1070. The highest BCUT2D eigenvalue weighted by Gasteiger charge is 2.71. The molecule has 9 heteroatoms. The van der Waals surface area contributed by atoms with Crippen LogP contribution in [0.4, 0.5) is 16.2 Å². The first-order valence-electron chi connectivity index (χ1n) is 10.6. The van der Waals surface area contributed by atoms with E-state index in [1.807, 2.05) is 0 Å². The normalized spacial score (nSPS) is 35.7. The number of carbonyl (C=O) groups is 3. The van der Waals surface area contributed by atoms with Gasteiger partial charge in [-0.3, -0.25) is 29.9 Å². The van der Waals surface area contributed by atoms with E-state index in [9.17, 15) is 24.5 Å². The number of non-ortho nitro benzene ring substituents is 1. The van der Waals surface area contributed by atoms with Crippen LogP contribution < -0.4 is 10.2 Å². The Labute approximate surface area is 179 Å². The van der Waals surface area contributed by atoms with Crippen molar-refractivity contribution in [2.24, 2.45) is 16.2 Å². The highest BCUT2D eigenvalue weighted by molar-refractivity contribution is 6.20. The van der Waals surface area contributed by atoms with Crippen LogP contribution in [-0.2, 0) is 16.0 Å². The Morgan fingerprint density at radius 3 is 2.55 bits per heavy atom. The topological polar surface area (TPSA) is 113 Å². The number of urea groups is 1. The molecule has 2 bridgehead atoms. The molecule has 3 aliphatic heterocycles. The third-order valence-corrected chi connectivity index (χ3v) is 7.81. The van der Waals surface area contributed by atoms with E-state index in [-0.39, 0.29) is 29.0 Å². The van der Waals surface area contributed by atoms with Gasteiger partial charge in [0.2, 0.25) is 11.8 Å². The van der Waals surface area contributed by atoms with Crippen molar-refractivity contribution >= 4 is 29.2 Å². The van der Waals surface area contributed by atoms with Crippen molar-refractivity contribution in [1.82, 2.24) is 10.2 Å². The minimum Gasteiger partial charge on any atom is -0.363 e. The van der Waals surface area contributed by atoms with Crippen molar-refractivity contribution in [2.75, 3.05) is 11.9 Å². The number of nitrogens with zero attached hydrogens (tertiary/aromatic N) is 3. The molecular formula is C22H26N4O5. The number of hydrogen-bond acceptors (Lipinski definition) is 6. The molecule has 2 saturated heterocycles. The zero-order chi connectivity index (χ0) is 22.5. The third kappa shape index (κ3) is 2.46. The van der Waals surface area contributed by atoms with Crippen molar-refractivity contribution < 1.29 is 19.3 Å². The summed E-state index contributed by atoms with van der Waals surface area (Å²) in [6.07, 6.45) is 2.61. The van der Waals surface area contributed by atoms with E-state index in [0.717, 1.165) is 29.8 Å². The summed E-state index contributed by atoms with van der Waals surface area (Å²) in [7, 11) is 1.38. The molecule has 9 nitrogen and oxygen atoms in total. The molecule has 1 N–H and O–H groups in total. The van der Waals surface area contributed by atoms with Gasteiger partial charge in [0.25, 0.3) is 5.69 Å². The monoisotopic (exact) mass is 426 g/mol. The van der Waals surface area contributed by atoms with Gasteiger partial charge in [0.15, 0.2) is 5.41 Å². The molecule has 1 saturated carbocycles. The molecule has 3 fully saturated rings. The number of benzene rings is 1. The van der Waals surface area contributed by atoms with Crippen LogP contribution in [0.25, 0.3) is 0 Å². The lowest BCUT2D eigenvalue weighted by molar-refractivity contribution is -0.384. The fraction of sp³-hybridized carbons (Fsp3) is 0.591. The quantitative estimate of drug-likeness (QED) is 0.420. The fourth-order valence-electron chi connectivity index (χ4n) is 7.26. The largest absolute Gasteiger partial charge is 0.363 e. The summed E-state index contributed by atoms with van der Waals surface area (Å²) < 4.78 is 0. The third-order valence-electron chi connectivity index (χ3n) is 7.81. The first kappa shape index (κ1) is 20.0. The van der Waals surface area contributed by atoms with Crippen molar-refractivity contribution in [3.05, 3.63) is 33.9 Å². The van der Waals surface area contributed by atoms with E-state index < -0.39 is 34.2 Å². The number of nitrogens with one attached hydrogen (secondary N) is 1. The lowest BCUT2D eigenvalue weighted by Crippen LogP contribution is -2.72. The maximum absolute atomic E-state index is 13.7. The molecule has 31 heavy (non-hydrogen) atoms. The van der Waals surface area contributed by atoms with Crippen molar-refractivity contribution in [1.29, 1.82) is 0 Å². The number of nitro groups is 1. The van der Waals surface area contributed by atoms with Crippen LogP contribution in [0, 0.1) is 26.4 Å². The zero-order valence-electron chi connectivity index (χ0n) is 18.1. The Balaban J connectivity index is 1.78. The molecule has 4 atom stereocenters. The summed E-state index contributed by atoms with van der Waals surface area (Å²) in [4.78, 5) is 53.4. The second kappa shape index (κ2) is 5.83. The summed E-state index contributed by atoms with van der Waals surface area (Å²) in [6.45, 7) is 6.55. The van der Waals surface area contributed by atoms with E-state index >= 15 is 0 Å². The molecule has 1 aromatic rings. The number of barbiturate groups is 1. The second-order valence-corrected chi connectivity index (χ2v) is 10.7. The number of imide groups is 2. The standard InChI is InChI=1S/C22H26N4O5/c1-20(2)9-14-10-21(3,11-20)16-22(17(27)23-19(29)24(4)18(22)28)8-12-7-13(26(30)31)5-6-15(12)25(14)16/h5-7,14,16H,8-11H2,1-4H3,(H,23,27,29)/t14-,16-,21+,22+/m0/s1. The lowest BCUT2D eigenvalue weighted by Gasteiger charge is -2.53. The molecule has 0 aromatic heterocycles. The van der Waals surface area contributed by atoms with Crippen molar-refractivity contribution in [3.63, 3.8) is 0 Å². The molecule has 1 spiro atoms. The Morgan fingerprint density at radius 2 is 1.87 bits per heavy atom. The molecule has 4 amide bonds. The van der Waals surface area contributed by atoms with Crippen LogP contribution in [0.3, 0.4) is 0 Å². The van der Waals surface area contributed by atoms with Crippen LogP contribution in [0.5, 0.6) is 0 Å². The van der Waals surface area contributed by atoms with Crippen molar-refractivity contribution in [3.8, 4) is 0 Å². The Hall–Kier alpha value is -2.97. The van der Waals surface area contributed by atoms with Gasteiger partial charge in [0.1, 0.15) is 0 Å². The van der Waals surface area contributed by atoms with Crippen LogP contribution in [0.15, 0.2) is 18.2 Å². The predicted molar refractivity (Wildman–Crippen MR) is 111 cm³/mol. The van der Waals surface area contributed by atoms with Crippen molar-refractivity contribution in [2.45, 2.75) is 58.5 Å². The number of anilines is 1. The van der Waals surface area contributed by atoms with Gasteiger partial charge >= 0.3 is 6.03 Å². The summed E-state index contributed by atoms with van der Waals surface area (Å²) in [6, 6.07) is 3.67. The summed E-state index contributed by atoms with van der Waals surface area (Å²) in [5, 5.41) is 13.8. The molecule has 164 valence electrons. The first-order valence-corrected chi connectivity index (χ1v) is 10.6. The van der Waals surface area contributed by atoms with Gasteiger partial charge in [0, 0.05) is 37.3 Å². The molecule has 0 radical (unpaired) electrons. The zero-order valence-corrected chi connectivity index (χ0v) is 18.1. The highest BCUT2D eigenvalue weighted by atomic mass is 16.6. The second-order valence-electron chi connectivity index (χ2n) is 10.7. The maximum Gasteiger partial charge on any atom is 0.330 e. The minimum absolute atomic E-state index is 0.0209. The number of fused-ring (bicyclic) bond motifs is 8. The highest BCUT2D eigenvalue weighted by Crippen LogP contribution is 2.64. The number of rotatable bonds is 1. The molecule has 3 heterocycles. The smallest absolute Gasteiger partial charge is 0.330 e. The minimum atomic E-state index is -1.51. The lowest BCUT2D eigenvalue weighted by atomic mass is 9.56. The predicted octanol–water partition coefficient (Wildman–Crippen LogP) is 2.62. The van der Waals surface area contributed by atoms with Gasteiger partial charge in [-0.05, 0) is 41.7 Å². The summed E-state index contributed by atoms with van der Waals surface area (Å²) in [5.41, 5.74) is -0.422. The van der Waals surface area contributed by atoms with E-state index in [4.69, 9.17) is 0 Å². The van der Waals surface area contributed by atoms with Gasteiger partial charge in [-0.1, -0.05) is 20.8 Å². The van der Waals surface area contributed by atoms with E-state index in [0.29, 0.717) is 5.56 Å². The molecular weight excluding hydrogens is 400 g/mol. The SMILES string of the molecule is CN1C(=O)NC(=O)[C@]2(Cc3cc([N+](=O)[O-])ccc3N3[C@H]4CC(C)(C)C[C@@](C)(C4)[C@H]32)C1=O. The average molecular weight is 426 g/mol. The molecule has 5 rings (SSSR count). The Morgan fingerprint density at radius 1 is 1.16 bits per heavy atom. The van der Waals surface area contributed by atoms with E-state index in [1.54, 1.807) is 6.07 Å². The van der Waals surface area contributed by atoms with Crippen LogP contribution in [0.1, 0.15) is 45.6 Å². The fourth-order valence-corrected chi connectivity index (χ4v) is 7.26. The van der Waals surface area contributed by atoms with Crippen LogP contribution >= 0.6 is 0 Å². The van der Waals surface area contributed by atoms with Gasteiger partial charge < -0.3 is 4.90 Å². The molecule has 4 aliphatic rings. The molecule has 1 aromatic carbocycles. The van der Waals surface area contributed by atoms with E-state index in [1.165, 1.54) is 19.2 Å². The molecule has 1 aliphatic carbocycles. The Kier molecular flexibility index (Phi) is 3.76. The number of carbonyl (C=O) groups excluding carboxylic acids is 3. The average Bonchev–Trinajstić information content (AvgIpc) is 2.90. The first-order chi connectivity index (χ1) is 14.4. The van der Waals surface area contributed by atoms with Gasteiger partial charge in [-0.15, -0.1) is 0 Å². The van der Waals surface area contributed by atoms with Gasteiger partial charge in [-0.25, -0.2) is 4.79 Å². The summed E-state index contributed by atoms with van der Waals surface area (Å²) >= 11 is 0. The van der Waals surface area contributed by atoms with Gasteiger partial charge in [0.05, 0.1) is 11.0 Å². The summed E-state index contributed by atoms with van der Waals surface area (Å²) in [5.74, 6) is -1.13. The number of hydrogen-bond donors (Lipinski definition) is 1. The van der Waals surface area contributed by atoms with Gasteiger partial charge in [-0.2, -0.15) is 0 Å². The van der Waals surface area contributed by atoms with Crippen LogP contribution in [-0.4, -0.2) is 46.8 Å². The number of amides is 4. The molecule has 0 unspecified atom stereocenters. The maximum atomic E-state index is 13.7. The van der Waals surface area contributed by atoms with E-state index in [2.05, 4.69) is 31.0 Å². The number of nitro benzene ring substituents is 1.